The molecule has 0 aliphatic rings. The van der Waals surface area contributed by atoms with Crippen LogP contribution in [0.1, 0.15) is 13.3 Å². The van der Waals surface area contributed by atoms with E-state index in [1.807, 2.05) is 19.1 Å². The molecule has 0 spiro atoms. The maximum absolute atomic E-state index is 10.5. The highest BCUT2D eigenvalue weighted by Crippen LogP contribution is 2.26. The van der Waals surface area contributed by atoms with E-state index in [1.165, 1.54) is 0 Å². The maximum atomic E-state index is 10.5. The third-order valence-corrected chi connectivity index (χ3v) is 2.15. The van der Waals surface area contributed by atoms with E-state index >= 15 is 0 Å². The number of carboxylic acid groups (broad SMARTS) is 1. The molecule has 0 radical (unpaired) electrons. The average molecular weight is 239 g/mol. The lowest BCUT2D eigenvalue weighted by molar-refractivity contribution is -0.138. The van der Waals surface area contributed by atoms with Crippen molar-refractivity contribution in [2.45, 2.75) is 19.4 Å². The fourth-order valence-corrected chi connectivity index (χ4v) is 1.26. The number of carboxylic acids is 1. The first-order chi connectivity index (χ1) is 8.15. The predicted octanol–water partition coefficient (Wildman–Crippen LogP) is 1.27. The molecule has 3 N–H and O–H groups in total. The zero-order valence-electron chi connectivity index (χ0n) is 9.76. The van der Waals surface area contributed by atoms with E-state index in [0.717, 1.165) is 0 Å². The van der Waals surface area contributed by atoms with Crippen LogP contribution in [0.3, 0.4) is 0 Å². The predicted molar refractivity (Wildman–Crippen MR) is 63.3 cm³/mol. The van der Waals surface area contributed by atoms with Crippen molar-refractivity contribution in [2.75, 3.05) is 13.2 Å². The van der Waals surface area contributed by atoms with Gasteiger partial charge >= 0.3 is 5.97 Å². The number of para-hydroxylation sites is 2. The normalized spacial score (nSPS) is 11.9. The summed E-state index contributed by atoms with van der Waals surface area (Å²) in [5.41, 5.74) is 5.37. The number of aliphatic carboxylic acids is 1. The number of hydrogen-bond donors (Lipinski definition) is 2. The van der Waals surface area contributed by atoms with Crippen LogP contribution >= 0.6 is 0 Å². The van der Waals surface area contributed by atoms with Gasteiger partial charge in [0.15, 0.2) is 11.5 Å². The molecule has 0 heterocycles. The topological polar surface area (TPSA) is 81.8 Å². The van der Waals surface area contributed by atoms with Crippen LogP contribution in [0.2, 0.25) is 0 Å². The molecule has 0 amide bonds. The van der Waals surface area contributed by atoms with Crippen molar-refractivity contribution in [2.24, 2.45) is 5.73 Å². The molecule has 1 atom stereocenters. The molecule has 0 aliphatic heterocycles. The Kier molecular flexibility index (Phi) is 5.29. The summed E-state index contributed by atoms with van der Waals surface area (Å²) in [5, 5.41) is 8.61. The summed E-state index contributed by atoms with van der Waals surface area (Å²) in [6, 6.07) is 6.36. The lowest BCUT2D eigenvalue weighted by atomic mass is 10.2. The van der Waals surface area contributed by atoms with E-state index < -0.39 is 12.0 Å². The monoisotopic (exact) mass is 239 g/mol. The molecule has 94 valence electrons. The SMILES string of the molecule is CCOc1ccccc1OCCC(N)C(=O)O. The van der Waals surface area contributed by atoms with Gasteiger partial charge in [-0.05, 0) is 19.1 Å². The fraction of sp³-hybridized carbons (Fsp3) is 0.417. The molecular weight excluding hydrogens is 222 g/mol. The third kappa shape index (κ3) is 4.32. The maximum Gasteiger partial charge on any atom is 0.320 e. The number of carbonyl (C=O) groups is 1. The second-order valence-electron chi connectivity index (χ2n) is 3.46. The molecule has 0 saturated carbocycles. The van der Waals surface area contributed by atoms with Crippen LogP contribution in [-0.4, -0.2) is 30.3 Å². The summed E-state index contributed by atoms with van der Waals surface area (Å²) in [4.78, 5) is 10.5. The summed E-state index contributed by atoms with van der Waals surface area (Å²) in [6.07, 6.45) is 0.260. The van der Waals surface area contributed by atoms with Gasteiger partial charge in [-0.1, -0.05) is 12.1 Å². The minimum atomic E-state index is -1.02. The van der Waals surface area contributed by atoms with Crippen molar-refractivity contribution in [3.63, 3.8) is 0 Å². The average Bonchev–Trinajstić information content (AvgIpc) is 2.31. The Morgan fingerprint density at radius 1 is 1.35 bits per heavy atom. The Bertz CT molecular complexity index is 367. The lowest BCUT2D eigenvalue weighted by Crippen LogP contribution is -2.31. The first kappa shape index (κ1) is 13.3. The summed E-state index contributed by atoms with van der Waals surface area (Å²) in [6.45, 7) is 2.68. The van der Waals surface area contributed by atoms with Crippen LogP contribution < -0.4 is 15.2 Å². The number of benzene rings is 1. The van der Waals surface area contributed by atoms with Gasteiger partial charge in [0, 0.05) is 6.42 Å². The van der Waals surface area contributed by atoms with E-state index in [4.69, 9.17) is 20.3 Å². The second-order valence-corrected chi connectivity index (χ2v) is 3.46. The van der Waals surface area contributed by atoms with Gasteiger partial charge in [0.25, 0.3) is 0 Å². The molecule has 1 rings (SSSR count). The van der Waals surface area contributed by atoms with Gasteiger partial charge in [-0.25, -0.2) is 0 Å². The van der Waals surface area contributed by atoms with E-state index in [9.17, 15) is 4.79 Å². The Balaban J connectivity index is 2.48. The zero-order valence-corrected chi connectivity index (χ0v) is 9.76. The fourth-order valence-electron chi connectivity index (χ4n) is 1.26. The van der Waals surface area contributed by atoms with Crippen molar-refractivity contribution < 1.29 is 19.4 Å². The molecule has 0 bridgehead atoms. The molecule has 5 heteroatoms. The van der Waals surface area contributed by atoms with Crippen molar-refractivity contribution in [3.8, 4) is 11.5 Å². The number of ether oxygens (including phenoxy) is 2. The molecule has 5 nitrogen and oxygen atoms in total. The summed E-state index contributed by atoms with van der Waals surface area (Å²) in [5.74, 6) is 0.234. The zero-order chi connectivity index (χ0) is 12.7. The molecule has 0 aliphatic carbocycles. The van der Waals surface area contributed by atoms with E-state index in [2.05, 4.69) is 0 Å². The van der Waals surface area contributed by atoms with Crippen LogP contribution in [-0.2, 0) is 4.79 Å². The van der Waals surface area contributed by atoms with Gasteiger partial charge in [0.2, 0.25) is 0 Å². The van der Waals surface area contributed by atoms with Crippen molar-refractivity contribution >= 4 is 5.97 Å². The Morgan fingerprint density at radius 3 is 2.47 bits per heavy atom. The number of rotatable bonds is 7. The molecule has 0 aromatic heterocycles. The Morgan fingerprint density at radius 2 is 1.94 bits per heavy atom. The molecule has 1 aromatic carbocycles. The van der Waals surface area contributed by atoms with Crippen molar-refractivity contribution in [1.82, 2.24) is 0 Å². The van der Waals surface area contributed by atoms with Crippen LogP contribution in [0.4, 0.5) is 0 Å². The first-order valence-corrected chi connectivity index (χ1v) is 5.48. The molecule has 1 aromatic rings. The van der Waals surface area contributed by atoms with E-state index in [-0.39, 0.29) is 13.0 Å². The van der Waals surface area contributed by atoms with E-state index in [0.29, 0.717) is 18.1 Å². The minimum absolute atomic E-state index is 0.248. The molecule has 0 saturated heterocycles. The second kappa shape index (κ2) is 6.75. The van der Waals surface area contributed by atoms with Crippen LogP contribution in [0.15, 0.2) is 24.3 Å². The minimum Gasteiger partial charge on any atom is -0.490 e. The van der Waals surface area contributed by atoms with Gasteiger partial charge in [-0.15, -0.1) is 0 Å². The highest BCUT2D eigenvalue weighted by molar-refractivity contribution is 5.72. The van der Waals surface area contributed by atoms with Gasteiger partial charge in [0.05, 0.1) is 13.2 Å². The van der Waals surface area contributed by atoms with Crippen LogP contribution in [0.25, 0.3) is 0 Å². The highest BCUT2D eigenvalue weighted by atomic mass is 16.5. The Labute approximate surface area is 100 Å². The van der Waals surface area contributed by atoms with Crippen molar-refractivity contribution in [3.05, 3.63) is 24.3 Å². The largest absolute Gasteiger partial charge is 0.490 e. The Hall–Kier alpha value is -1.75. The molecular formula is C12H17NO4. The quantitative estimate of drug-likeness (QED) is 0.748. The van der Waals surface area contributed by atoms with Gasteiger partial charge in [-0.3, -0.25) is 4.79 Å². The summed E-state index contributed by atoms with van der Waals surface area (Å²) < 4.78 is 10.8. The van der Waals surface area contributed by atoms with Crippen LogP contribution in [0.5, 0.6) is 11.5 Å². The van der Waals surface area contributed by atoms with Gasteiger partial charge < -0.3 is 20.3 Å². The van der Waals surface area contributed by atoms with E-state index in [1.54, 1.807) is 12.1 Å². The van der Waals surface area contributed by atoms with Crippen molar-refractivity contribution in [1.29, 1.82) is 0 Å². The lowest BCUT2D eigenvalue weighted by Gasteiger charge is -2.12. The third-order valence-electron chi connectivity index (χ3n) is 2.15. The van der Waals surface area contributed by atoms with Crippen LogP contribution in [0, 0.1) is 0 Å². The van der Waals surface area contributed by atoms with Gasteiger partial charge in [0.1, 0.15) is 6.04 Å². The smallest absolute Gasteiger partial charge is 0.320 e. The number of nitrogens with two attached hydrogens (primary N) is 1. The molecule has 0 fully saturated rings. The molecule has 1 unspecified atom stereocenters. The summed E-state index contributed by atoms with van der Waals surface area (Å²) in [7, 11) is 0. The first-order valence-electron chi connectivity index (χ1n) is 5.48. The van der Waals surface area contributed by atoms with Gasteiger partial charge in [-0.2, -0.15) is 0 Å². The highest BCUT2D eigenvalue weighted by Gasteiger charge is 2.11. The number of hydrogen-bond acceptors (Lipinski definition) is 4. The molecule has 17 heavy (non-hydrogen) atoms. The summed E-state index contributed by atoms with van der Waals surface area (Å²) >= 11 is 0. The standard InChI is InChI=1S/C12H17NO4/c1-2-16-10-5-3-4-6-11(10)17-8-7-9(13)12(14)15/h3-6,9H,2,7-8,13H2,1H3,(H,14,15).